The first-order valence-electron chi connectivity index (χ1n) is 5.36. The number of rotatable bonds is 3. The van der Waals surface area contributed by atoms with E-state index < -0.39 is 5.91 Å². The van der Waals surface area contributed by atoms with Crippen molar-refractivity contribution >= 4 is 11.7 Å². The number of nitrogens with two attached hydrogens (primary N) is 1. The summed E-state index contributed by atoms with van der Waals surface area (Å²) < 4.78 is 5.26. The molecular weight excluding hydrogens is 206 g/mol. The third-order valence-electron chi connectivity index (χ3n) is 2.64. The second-order valence-electron chi connectivity index (χ2n) is 3.79. The van der Waals surface area contributed by atoms with Crippen LogP contribution in [0.3, 0.4) is 0 Å². The molecule has 1 aliphatic rings. The SMILES string of the molecule is NC(=O)c1cccnc1NC1CCOCC1. The summed E-state index contributed by atoms with van der Waals surface area (Å²) in [4.78, 5) is 15.3. The molecule has 1 aliphatic heterocycles. The fraction of sp³-hybridized carbons (Fsp3) is 0.455. The Bertz CT molecular complexity index is 375. The zero-order valence-corrected chi connectivity index (χ0v) is 8.98. The molecule has 86 valence electrons. The number of anilines is 1. The smallest absolute Gasteiger partial charge is 0.252 e. The largest absolute Gasteiger partial charge is 0.381 e. The fourth-order valence-corrected chi connectivity index (χ4v) is 1.75. The monoisotopic (exact) mass is 221 g/mol. The number of hydrogen-bond donors (Lipinski definition) is 2. The molecule has 5 nitrogen and oxygen atoms in total. The summed E-state index contributed by atoms with van der Waals surface area (Å²) in [6.45, 7) is 1.49. The van der Waals surface area contributed by atoms with Crippen molar-refractivity contribution in [1.29, 1.82) is 0 Å². The van der Waals surface area contributed by atoms with Crippen LogP contribution in [0.5, 0.6) is 0 Å². The second-order valence-corrected chi connectivity index (χ2v) is 3.79. The first-order valence-corrected chi connectivity index (χ1v) is 5.36. The first kappa shape index (κ1) is 10.9. The van der Waals surface area contributed by atoms with Gasteiger partial charge in [0.05, 0.1) is 5.56 Å². The number of carbonyl (C=O) groups is 1. The molecule has 3 N–H and O–H groups in total. The van der Waals surface area contributed by atoms with Crippen LogP contribution in [0.25, 0.3) is 0 Å². The van der Waals surface area contributed by atoms with Crippen LogP contribution in [0, 0.1) is 0 Å². The molecule has 1 saturated heterocycles. The zero-order chi connectivity index (χ0) is 11.4. The summed E-state index contributed by atoms with van der Waals surface area (Å²) in [6.07, 6.45) is 3.50. The predicted octanol–water partition coefficient (Wildman–Crippen LogP) is 0.771. The third-order valence-corrected chi connectivity index (χ3v) is 2.64. The first-order chi connectivity index (χ1) is 7.77. The number of pyridine rings is 1. The van der Waals surface area contributed by atoms with E-state index in [9.17, 15) is 4.79 Å². The van der Waals surface area contributed by atoms with E-state index in [0.29, 0.717) is 17.4 Å². The van der Waals surface area contributed by atoms with Crippen molar-refractivity contribution in [2.75, 3.05) is 18.5 Å². The van der Waals surface area contributed by atoms with E-state index in [0.717, 1.165) is 26.1 Å². The van der Waals surface area contributed by atoms with Crippen molar-refractivity contribution in [3.63, 3.8) is 0 Å². The molecule has 0 radical (unpaired) electrons. The van der Waals surface area contributed by atoms with Crippen molar-refractivity contribution in [2.24, 2.45) is 5.73 Å². The Balaban J connectivity index is 2.10. The Hall–Kier alpha value is -1.62. The molecule has 16 heavy (non-hydrogen) atoms. The van der Waals surface area contributed by atoms with Gasteiger partial charge >= 0.3 is 0 Å². The lowest BCUT2D eigenvalue weighted by Crippen LogP contribution is -2.29. The van der Waals surface area contributed by atoms with E-state index in [-0.39, 0.29) is 0 Å². The van der Waals surface area contributed by atoms with Crippen LogP contribution in [0.2, 0.25) is 0 Å². The molecule has 1 aromatic heterocycles. The summed E-state index contributed by atoms with van der Waals surface area (Å²) in [5.74, 6) is 0.115. The molecular formula is C11H15N3O2. The van der Waals surface area contributed by atoms with Crippen molar-refractivity contribution in [1.82, 2.24) is 4.98 Å². The number of carbonyl (C=O) groups excluding carboxylic acids is 1. The molecule has 1 fully saturated rings. The maximum Gasteiger partial charge on any atom is 0.252 e. The minimum atomic E-state index is -0.456. The van der Waals surface area contributed by atoms with Gasteiger partial charge < -0.3 is 15.8 Å². The van der Waals surface area contributed by atoms with Gasteiger partial charge in [-0.05, 0) is 25.0 Å². The topological polar surface area (TPSA) is 77.2 Å². The van der Waals surface area contributed by atoms with Gasteiger partial charge in [-0.1, -0.05) is 0 Å². The van der Waals surface area contributed by atoms with E-state index in [1.807, 2.05) is 0 Å². The van der Waals surface area contributed by atoms with Gasteiger partial charge in [0.15, 0.2) is 0 Å². The molecule has 0 spiro atoms. The highest BCUT2D eigenvalue weighted by Crippen LogP contribution is 2.16. The van der Waals surface area contributed by atoms with Gasteiger partial charge in [-0.15, -0.1) is 0 Å². The molecule has 0 unspecified atom stereocenters. The average molecular weight is 221 g/mol. The molecule has 2 heterocycles. The number of hydrogen-bond acceptors (Lipinski definition) is 4. The van der Waals surface area contributed by atoms with Crippen molar-refractivity contribution in [2.45, 2.75) is 18.9 Å². The lowest BCUT2D eigenvalue weighted by molar-refractivity contribution is 0.0903. The Labute approximate surface area is 94.0 Å². The molecule has 1 amide bonds. The van der Waals surface area contributed by atoms with Gasteiger partial charge in [0.1, 0.15) is 5.82 Å². The van der Waals surface area contributed by atoms with E-state index in [4.69, 9.17) is 10.5 Å². The van der Waals surface area contributed by atoms with Gasteiger partial charge in [-0.2, -0.15) is 0 Å². The Morgan fingerprint density at radius 1 is 1.50 bits per heavy atom. The molecule has 2 rings (SSSR count). The van der Waals surface area contributed by atoms with Crippen molar-refractivity contribution in [3.05, 3.63) is 23.9 Å². The maximum absolute atomic E-state index is 11.2. The Kier molecular flexibility index (Phi) is 3.36. The highest BCUT2D eigenvalue weighted by molar-refractivity contribution is 5.97. The van der Waals surface area contributed by atoms with Gasteiger partial charge in [-0.3, -0.25) is 4.79 Å². The maximum atomic E-state index is 11.2. The highest BCUT2D eigenvalue weighted by atomic mass is 16.5. The summed E-state index contributed by atoms with van der Waals surface area (Å²) >= 11 is 0. The summed E-state index contributed by atoms with van der Waals surface area (Å²) in [6, 6.07) is 3.69. The van der Waals surface area contributed by atoms with E-state index >= 15 is 0 Å². The van der Waals surface area contributed by atoms with Crippen LogP contribution >= 0.6 is 0 Å². The van der Waals surface area contributed by atoms with Gasteiger partial charge in [-0.25, -0.2) is 4.98 Å². The number of nitrogens with one attached hydrogen (secondary N) is 1. The summed E-state index contributed by atoms with van der Waals surface area (Å²) in [7, 11) is 0. The molecule has 0 bridgehead atoms. The van der Waals surface area contributed by atoms with E-state index in [1.165, 1.54) is 0 Å². The van der Waals surface area contributed by atoms with Crippen LogP contribution < -0.4 is 11.1 Å². The fourth-order valence-electron chi connectivity index (χ4n) is 1.75. The van der Waals surface area contributed by atoms with Crippen LogP contribution in [-0.2, 0) is 4.74 Å². The van der Waals surface area contributed by atoms with Gasteiger partial charge in [0.25, 0.3) is 5.91 Å². The van der Waals surface area contributed by atoms with Crippen LogP contribution in [0.4, 0.5) is 5.82 Å². The minimum absolute atomic E-state index is 0.307. The van der Waals surface area contributed by atoms with Crippen LogP contribution in [0.15, 0.2) is 18.3 Å². The lowest BCUT2D eigenvalue weighted by Gasteiger charge is -2.24. The van der Waals surface area contributed by atoms with Gasteiger partial charge in [0, 0.05) is 25.5 Å². The van der Waals surface area contributed by atoms with E-state index in [2.05, 4.69) is 10.3 Å². The molecule has 1 aromatic rings. The number of primary amides is 1. The van der Waals surface area contributed by atoms with Crippen molar-refractivity contribution < 1.29 is 9.53 Å². The normalized spacial score (nSPS) is 17.0. The predicted molar refractivity (Wildman–Crippen MR) is 60.2 cm³/mol. The molecule has 0 aromatic carbocycles. The molecule has 0 aliphatic carbocycles. The molecule has 0 atom stereocenters. The number of amides is 1. The number of aromatic nitrogens is 1. The van der Waals surface area contributed by atoms with Gasteiger partial charge in [0.2, 0.25) is 0 Å². The quantitative estimate of drug-likeness (QED) is 0.790. The average Bonchev–Trinajstić information content (AvgIpc) is 2.31. The van der Waals surface area contributed by atoms with E-state index in [1.54, 1.807) is 18.3 Å². The molecule has 5 heteroatoms. The molecule has 0 saturated carbocycles. The Morgan fingerprint density at radius 2 is 2.25 bits per heavy atom. The number of ether oxygens (including phenoxy) is 1. The highest BCUT2D eigenvalue weighted by Gasteiger charge is 2.16. The Morgan fingerprint density at radius 3 is 2.94 bits per heavy atom. The lowest BCUT2D eigenvalue weighted by atomic mass is 10.1. The third kappa shape index (κ3) is 2.49. The van der Waals surface area contributed by atoms with Crippen LogP contribution in [-0.4, -0.2) is 30.1 Å². The van der Waals surface area contributed by atoms with Crippen LogP contribution in [0.1, 0.15) is 23.2 Å². The zero-order valence-electron chi connectivity index (χ0n) is 8.98. The summed E-state index contributed by atoms with van der Waals surface area (Å²) in [5, 5.41) is 3.24. The summed E-state index contributed by atoms with van der Waals surface area (Å²) in [5.41, 5.74) is 5.71. The standard InChI is InChI=1S/C11H15N3O2/c12-10(15)9-2-1-5-13-11(9)14-8-3-6-16-7-4-8/h1-2,5,8H,3-4,6-7H2,(H2,12,15)(H,13,14). The van der Waals surface area contributed by atoms with Crippen molar-refractivity contribution in [3.8, 4) is 0 Å². The number of nitrogens with zero attached hydrogens (tertiary/aromatic N) is 1. The minimum Gasteiger partial charge on any atom is -0.381 e. The second kappa shape index (κ2) is 4.94.